The lowest BCUT2D eigenvalue weighted by molar-refractivity contribution is -0.0868. The van der Waals surface area contributed by atoms with Gasteiger partial charge >= 0.3 is 0 Å². The molecule has 2 aliphatic heterocycles. The van der Waals surface area contributed by atoms with Crippen LogP contribution in [-0.2, 0) is 11.1 Å². The summed E-state index contributed by atoms with van der Waals surface area (Å²) in [4.78, 5) is 12.1. The van der Waals surface area contributed by atoms with Gasteiger partial charge in [-0.1, -0.05) is 31.2 Å². The van der Waals surface area contributed by atoms with E-state index >= 15 is 0 Å². The predicted molar refractivity (Wildman–Crippen MR) is 141 cm³/mol. The quantitative estimate of drug-likeness (QED) is 0.539. The van der Waals surface area contributed by atoms with E-state index in [0.29, 0.717) is 41.4 Å². The molecule has 7 nitrogen and oxygen atoms in total. The van der Waals surface area contributed by atoms with Crippen molar-refractivity contribution in [2.75, 3.05) is 20.6 Å². The van der Waals surface area contributed by atoms with Crippen LogP contribution in [0.15, 0.2) is 65.8 Å². The number of rotatable bonds is 5. The Balaban J connectivity index is 1.76. The SMILES string of the molecule is CCC1=N[C@]23c4ncc(C)cc4O[C@@]2(c2ccc(C#N)cc2)[C@H](c2cccc(F)c2)[C@@H](CN(C)C)[C@]3(O)N1. The zero-order valence-corrected chi connectivity index (χ0v) is 21.9. The van der Waals surface area contributed by atoms with Crippen LogP contribution in [0.3, 0.4) is 0 Å². The second-order valence-corrected chi connectivity index (χ2v) is 10.8. The number of amidine groups is 1. The average Bonchev–Trinajstić information content (AvgIpc) is 3.41. The summed E-state index contributed by atoms with van der Waals surface area (Å²) in [5.41, 5.74) is -0.832. The fourth-order valence-electron chi connectivity index (χ4n) is 6.92. The van der Waals surface area contributed by atoms with Gasteiger partial charge in [-0.05, 0) is 68.0 Å². The Morgan fingerprint density at radius 2 is 1.95 bits per heavy atom. The molecule has 1 fully saturated rings. The molecular weight excluding hydrogens is 481 g/mol. The number of aryl methyl sites for hydroxylation is 1. The van der Waals surface area contributed by atoms with Crippen molar-refractivity contribution in [3.05, 3.63) is 94.6 Å². The standard InChI is InChI=1S/C30H30FN5O2/c1-5-25-34-29-27-24(13-18(2)16-33-27)38-28(29,21-11-9-19(15-32)10-12-21)26(20-7-6-8-22(31)14-20)23(17-36(3)4)30(29,37)35-25/h6-14,16,23,26,37H,5,17H2,1-4H3,(H,34,35)/t23-,26-,28+,29-,30-/m1/s1. The van der Waals surface area contributed by atoms with Gasteiger partial charge in [0.15, 0.2) is 16.9 Å². The topological polar surface area (TPSA) is 93.8 Å². The molecule has 3 aliphatic rings. The van der Waals surface area contributed by atoms with E-state index in [9.17, 15) is 14.8 Å². The van der Waals surface area contributed by atoms with Crippen molar-refractivity contribution in [1.29, 1.82) is 5.26 Å². The van der Waals surface area contributed by atoms with Crippen LogP contribution < -0.4 is 10.1 Å². The molecule has 3 heterocycles. The molecule has 0 saturated heterocycles. The van der Waals surface area contributed by atoms with Crippen molar-refractivity contribution in [3.63, 3.8) is 0 Å². The van der Waals surface area contributed by atoms with Crippen LogP contribution >= 0.6 is 0 Å². The first-order valence-corrected chi connectivity index (χ1v) is 12.9. The number of hydrogen-bond acceptors (Lipinski definition) is 7. The van der Waals surface area contributed by atoms with Crippen molar-refractivity contribution < 1.29 is 14.2 Å². The lowest BCUT2D eigenvalue weighted by Crippen LogP contribution is -2.61. The Kier molecular flexibility index (Phi) is 5.39. The zero-order valence-electron chi connectivity index (χ0n) is 21.9. The molecule has 194 valence electrons. The van der Waals surface area contributed by atoms with E-state index in [0.717, 1.165) is 11.1 Å². The van der Waals surface area contributed by atoms with E-state index in [1.165, 1.54) is 12.1 Å². The second-order valence-electron chi connectivity index (χ2n) is 10.8. The number of benzene rings is 2. The fourth-order valence-corrected chi connectivity index (χ4v) is 6.92. The number of nitrogens with zero attached hydrogens (tertiary/aromatic N) is 4. The maximum atomic E-state index is 14.8. The summed E-state index contributed by atoms with van der Waals surface area (Å²) in [5.74, 6) is -0.165. The highest BCUT2D eigenvalue weighted by Gasteiger charge is 2.85. The van der Waals surface area contributed by atoms with Crippen LogP contribution in [0.1, 0.15) is 47.2 Å². The smallest absolute Gasteiger partial charge is 0.199 e. The second kappa shape index (κ2) is 8.35. The molecule has 2 aromatic carbocycles. The molecule has 0 radical (unpaired) electrons. The molecule has 0 unspecified atom stereocenters. The van der Waals surface area contributed by atoms with Crippen molar-refractivity contribution >= 4 is 5.84 Å². The Morgan fingerprint density at radius 3 is 2.61 bits per heavy atom. The maximum Gasteiger partial charge on any atom is 0.199 e. The summed E-state index contributed by atoms with van der Waals surface area (Å²) in [7, 11) is 3.90. The third-order valence-electron chi connectivity index (χ3n) is 8.25. The summed E-state index contributed by atoms with van der Waals surface area (Å²) in [6, 6.07) is 17.8. The van der Waals surface area contributed by atoms with Crippen molar-refractivity contribution in [2.45, 2.75) is 43.1 Å². The molecular formula is C30H30FN5O2. The van der Waals surface area contributed by atoms with E-state index in [2.05, 4.69) is 11.4 Å². The highest BCUT2D eigenvalue weighted by Crippen LogP contribution is 2.73. The largest absolute Gasteiger partial charge is 0.477 e. The first-order chi connectivity index (χ1) is 18.2. The summed E-state index contributed by atoms with van der Waals surface area (Å²) in [5, 5.41) is 25.8. The number of aromatic nitrogens is 1. The molecule has 0 amide bonds. The normalized spacial score (nSPS) is 30.6. The molecule has 3 aromatic rings. The number of nitriles is 1. The molecule has 8 heteroatoms. The lowest BCUT2D eigenvalue weighted by atomic mass is 9.69. The van der Waals surface area contributed by atoms with E-state index in [4.69, 9.17) is 14.7 Å². The minimum Gasteiger partial charge on any atom is -0.477 e. The average molecular weight is 512 g/mol. The van der Waals surface area contributed by atoms with Gasteiger partial charge in [0.05, 0.1) is 17.5 Å². The maximum absolute atomic E-state index is 14.8. The molecule has 1 aromatic heterocycles. The third kappa shape index (κ3) is 3.00. The Hall–Kier alpha value is -3.80. The van der Waals surface area contributed by atoms with Gasteiger partial charge in [-0.2, -0.15) is 5.26 Å². The highest BCUT2D eigenvalue weighted by molar-refractivity contribution is 5.87. The molecule has 0 bridgehead atoms. The van der Waals surface area contributed by atoms with Crippen LogP contribution in [0.2, 0.25) is 0 Å². The highest BCUT2D eigenvalue weighted by atomic mass is 19.1. The Labute approximate surface area is 221 Å². The number of ether oxygens (including phenoxy) is 1. The van der Waals surface area contributed by atoms with E-state index in [1.54, 1.807) is 24.4 Å². The van der Waals surface area contributed by atoms with Crippen LogP contribution in [-0.4, -0.2) is 47.2 Å². The van der Waals surface area contributed by atoms with Crippen LogP contribution in [0.4, 0.5) is 4.39 Å². The Morgan fingerprint density at radius 1 is 1.18 bits per heavy atom. The first kappa shape index (κ1) is 24.5. The van der Waals surface area contributed by atoms with Gasteiger partial charge in [-0.25, -0.2) is 9.38 Å². The molecule has 1 spiro atoms. The number of hydrogen-bond donors (Lipinski definition) is 2. The zero-order chi connectivity index (χ0) is 26.9. The molecule has 2 N–H and O–H groups in total. The van der Waals surface area contributed by atoms with Gasteiger partial charge in [0.25, 0.3) is 0 Å². The number of aliphatic hydroxyl groups is 1. The number of aliphatic imine (C=N–C) groups is 1. The summed E-state index contributed by atoms with van der Waals surface area (Å²) in [6.07, 6.45) is 2.34. The van der Waals surface area contributed by atoms with Gasteiger partial charge in [0, 0.05) is 31.0 Å². The molecule has 38 heavy (non-hydrogen) atoms. The van der Waals surface area contributed by atoms with Gasteiger partial charge in [-0.15, -0.1) is 0 Å². The van der Waals surface area contributed by atoms with Crippen molar-refractivity contribution in [3.8, 4) is 11.8 Å². The Bertz CT molecular complexity index is 1500. The number of fused-ring (bicyclic) bond motifs is 1. The molecule has 5 atom stereocenters. The van der Waals surface area contributed by atoms with Crippen molar-refractivity contribution in [2.24, 2.45) is 10.9 Å². The fraction of sp³-hybridized carbons (Fsp3) is 0.367. The van der Waals surface area contributed by atoms with Crippen molar-refractivity contribution in [1.82, 2.24) is 15.2 Å². The van der Waals surface area contributed by atoms with E-state index < -0.39 is 28.7 Å². The molecule has 1 saturated carbocycles. The van der Waals surface area contributed by atoms with Gasteiger partial charge in [0.1, 0.15) is 17.3 Å². The van der Waals surface area contributed by atoms with E-state index in [1.807, 2.05) is 57.1 Å². The number of pyridine rings is 1. The van der Waals surface area contributed by atoms with Gasteiger partial charge in [-0.3, -0.25) is 4.98 Å². The predicted octanol–water partition coefficient (Wildman–Crippen LogP) is 3.96. The number of nitrogens with one attached hydrogen (secondary N) is 1. The number of halogens is 1. The van der Waals surface area contributed by atoms with Gasteiger partial charge in [0.2, 0.25) is 0 Å². The van der Waals surface area contributed by atoms with E-state index in [-0.39, 0.29) is 5.82 Å². The summed E-state index contributed by atoms with van der Waals surface area (Å²) >= 11 is 0. The van der Waals surface area contributed by atoms with Crippen LogP contribution in [0.5, 0.6) is 5.75 Å². The molecule has 1 aliphatic carbocycles. The minimum absolute atomic E-state index is 0.366. The summed E-state index contributed by atoms with van der Waals surface area (Å²) < 4.78 is 21.8. The lowest BCUT2D eigenvalue weighted by Gasteiger charge is -2.41. The van der Waals surface area contributed by atoms with Crippen LogP contribution in [0, 0.1) is 30.0 Å². The first-order valence-electron chi connectivity index (χ1n) is 12.9. The monoisotopic (exact) mass is 511 g/mol. The third-order valence-corrected chi connectivity index (χ3v) is 8.25. The van der Waals surface area contributed by atoms with Gasteiger partial charge < -0.3 is 20.1 Å². The van der Waals surface area contributed by atoms with Crippen LogP contribution in [0.25, 0.3) is 0 Å². The minimum atomic E-state index is -1.60. The molecule has 6 rings (SSSR count). The summed E-state index contributed by atoms with van der Waals surface area (Å²) in [6.45, 7) is 4.40.